The fourth-order valence-electron chi connectivity index (χ4n) is 0.989. The van der Waals surface area contributed by atoms with E-state index in [2.05, 4.69) is 38.9 Å². The molecule has 2 aromatic rings. The lowest BCUT2D eigenvalue weighted by molar-refractivity contribution is 1.05. The molecule has 0 amide bonds. The molecule has 1 aromatic carbocycles. The van der Waals surface area contributed by atoms with E-state index in [0.29, 0.717) is 0 Å². The van der Waals surface area contributed by atoms with Crippen molar-refractivity contribution in [2.75, 3.05) is 0 Å². The van der Waals surface area contributed by atoms with Gasteiger partial charge in [-0.3, -0.25) is 0 Å². The smallest absolute Gasteiger partial charge is 0.0585 e. The monoisotopic (exact) mass is 256 g/mol. The maximum atomic E-state index is 3.82. The largest absolute Gasteiger partial charge is 0.158 e. The van der Waals surface area contributed by atoms with E-state index in [1.54, 1.807) is 12.4 Å². The van der Waals surface area contributed by atoms with Gasteiger partial charge in [-0.25, -0.2) is 0 Å². The maximum absolute atomic E-state index is 3.82. The van der Waals surface area contributed by atoms with Gasteiger partial charge >= 0.3 is 0 Å². The van der Waals surface area contributed by atoms with Gasteiger partial charge in [0.2, 0.25) is 0 Å². The van der Waals surface area contributed by atoms with Crippen LogP contribution in [0.2, 0.25) is 0 Å². The number of benzene rings is 1. The van der Waals surface area contributed by atoms with Gasteiger partial charge in [-0.2, -0.15) is 10.2 Å². The number of rotatable bonds is 0. The molecule has 0 atom stereocenters. The molecule has 1 aromatic heterocycles. The molecule has 0 spiro atoms. The average Bonchev–Trinajstić information content (AvgIpc) is 2.06. The number of aromatic nitrogens is 2. The maximum Gasteiger partial charge on any atom is 0.0585 e. The van der Waals surface area contributed by atoms with E-state index in [9.17, 15) is 0 Å². The number of halogens is 1. The number of hydrogen-bond donors (Lipinski definition) is 0. The zero-order valence-corrected chi connectivity index (χ0v) is 7.82. The zero-order chi connectivity index (χ0) is 7.68. The van der Waals surface area contributed by atoms with Crippen LogP contribution in [0.15, 0.2) is 30.6 Å². The molecule has 0 radical (unpaired) electrons. The van der Waals surface area contributed by atoms with Crippen molar-refractivity contribution < 1.29 is 0 Å². The first kappa shape index (κ1) is 6.97. The van der Waals surface area contributed by atoms with Crippen molar-refractivity contribution in [1.82, 2.24) is 10.2 Å². The third-order valence-corrected chi connectivity index (χ3v) is 2.48. The second kappa shape index (κ2) is 2.73. The molecular formula is C8H5IN2. The Hall–Kier alpha value is -0.710. The summed E-state index contributed by atoms with van der Waals surface area (Å²) in [4.78, 5) is 0. The van der Waals surface area contributed by atoms with Gasteiger partial charge in [-0.15, -0.1) is 0 Å². The van der Waals surface area contributed by atoms with Gasteiger partial charge < -0.3 is 0 Å². The molecule has 11 heavy (non-hydrogen) atoms. The summed E-state index contributed by atoms with van der Waals surface area (Å²) in [5, 5.41) is 9.93. The van der Waals surface area contributed by atoms with Crippen molar-refractivity contribution >= 4 is 33.4 Å². The number of hydrogen-bond acceptors (Lipinski definition) is 2. The van der Waals surface area contributed by atoms with E-state index in [-0.39, 0.29) is 0 Å². The normalized spacial score (nSPS) is 10.3. The Labute approximate surface area is 77.8 Å². The lowest BCUT2D eigenvalue weighted by atomic mass is 10.2. The molecular weight excluding hydrogens is 251 g/mol. The molecule has 1 heterocycles. The summed E-state index contributed by atoms with van der Waals surface area (Å²) >= 11 is 2.29. The van der Waals surface area contributed by atoms with Crippen molar-refractivity contribution in [3.8, 4) is 0 Å². The van der Waals surface area contributed by atoms with Crippen LogP contribution in [0, 0.1) is 3.57 Å². The van der Waals surface area contributed by atoms with Crippen molar-refractivity contribution in [2.45, 2.75) is 0 Å². The number of fused-ring (bicyclic) bond motifs is 1. The molecule has 0 unspecified atom stereocenters. The SMILES string of the molecule is Ic1cccc2cnncc12. The molecule has 0 bridgehead atoms. The van der Waals surface area contributed by atoms with Gasteiger partial charge in [0.05, 0.1) is 12.4 Å². The minimum absolute atomic E-state index is 1.15. The summed E-state index contributed by atoms with van der Waals surface area (Å²) < 4.78 is 1.22. The fraction of sp³-hybridized carbons (Fsp3) is 0. The molecule has 0 saturated heterocycles. The highest BCUT2D eigenvalue weighted by molar-refractivity contribution is 14.1. The van der Waals surface area contributed by atoms with E-state index in [4.69, 9.17) is 0 Å². The van der Waals surface area contributed by atoms with Gasteiger partial charge in [-0.05, 0) is 28.7 Å². The van der Waals surface area contributed by atoms with E-state index >= 15 is 0 Å². The molecule has 0 aliphatic rings. The van der Waals surface area contributed by atoms with Crippen LogP contribution in [0.5, 0.6) is 0 Å². The molecule has 0 aliphatic heterocycles. The van der Waals surface area contributed by atoms with Gasteiger partial charge in [-0.1, -0.05) is 12.1 Å². The van der Waals surface area contributed by atoms with E-state index < -0.39 is 0 Å². The van der Waals surface area contributed by atoms with Crippen LogP contribution in [0.1, 0.15) is 0 Å². The molecule has 0 fully saturated rings. The first-order valence-electron chi connectivity index (χ1n) is 3.23. The Morgan fingerprint density at radius 3 is 2.73 bits per heavy atom. The Morgan fingerprint density at radius 2 is 1.91 bits per heavy atom. The first-order valence-corrected chi connectivity index (χ1v) is 4.31. The third-order valence-electron chi connectivity index (χ3n) is 1.54. The van der Waals surface area contributed by atoms with Crippen LogP contribution in [0.4, 0.5) is 0 Å². The van der Waals surface area contributed by atoms with E-state index in [1.165, 1.54) is 8.96 Å². The van der Waals surface area contributed by atoms with Crippen molar-refractivity contribution in [3.05, 3.63) is 34.2 Å². The Kier molecular flexibility index (Phi) is 1.73. The van der Waals surface area contributed by atoms with Gasteiger partial charge in [0.25, 0.3) is 0 Å². The van der Waals surface area contributed by atoms with Gasteiger partial charge in [0.1, 0.15) is 0 Å². The summed E-state index contributed by atoms with van der Waals surface area (Å²) in [6.45, 7) is 0. The summed E-state index contributed by atoms with van der Waals surface area (Å²) in [6.07, 6.45) is 3.56. The van der Waals surface area contributed by atoms with Crippen LogP contribution in [0.3, 0.4) is 0 Å². The first-order chi connectivity index (χ1) is 5.38. The standard InChI is InChI=1S/C8H5IN2/c9-8-3-1-2-6-4-10-11-5-7(6)8/h1-5H. The van der Waals surface area contributed by atoms with Crippen molar-refractivity contribution in [2.24, 2.45) is 0 Å². The highest BCUT2D eigenvalue weighted by Gasteiger charge is 1.95. The quantitative estimate of drug-likeness (QED) is 0.675. The van der Waals surface area contributed by atoms with Crippen LogP contribution < -0.4 is 0 Å². The summed E-state index contributed by atoms with van der Waals surface area (Å²) in [7, 11) is 0. The Bertz CT molecular complexity index is 381. The second-order valence-electron chi connectivity index (χ2n) is 2.23. The average molecular weight is 256 g/mol. The molecule has 2 rings (SSSR count). The summed E-state index contributed by atoms with van der Waals surface area (Å²) in [6, 6.07) is 6.11. The van der Waals surface area contributed by atoms with Crippen LogP contribution >= 0.6 is 22.6 Å². The lowest BCUT2D eigenvalue weighted by Gasteiger charge is -1.95. The fourth-order valence-corrected chi connectivity index (χ4v) is 1.65. The zero-order valence-electron chi connectivity index (χ0n) is 5.66. The van der Waals surface area contributed by atoms with Crippen molar-refractivity contribution in [1.29, 1.82) is 0 Å². The molecule has 3 heteroatoms. The second-order valence-corrected chi connectivity index (χ2v) is 3.39. The van der Waals surface area contributed by atoms with Crippen LogP contribution in [-0.2, 0) is 0 Å². The Balaban J connectivity index is 2.91. The van der Waals surface area contributed by atoms with Crippen molar-refractivity contribution in [3.63, 3.8) is 0 Å². The predicted octanol–water partition coefficient (Wildman–Crippen LogP) is 2.23. The molecule has 0 aliphatic carbocycles. The van der Waals surface area contributed by atoms with E-state index in [0.717, 1.165) is 5.39 Å². The summed E-state index contributed by atoms with van der Waals surface area (Å²) in [5.41, 5.74) is 0. The minimum atomic E-state index is 1.15. The number of nitrogens with zero attached hydrogens (tertiary/aromatic N) is 2. The highest BCUT2D eigenvalue weighted by atomic mass is 127. The van der Waals surface area contributed by atoms with Crippen LogP contribution in [-0.4, -0.2) is 10.2 Å². The lowest BCUT2D eigenvalue weighted by Crippen LogP contribution is -1.81. The summed E-state index contributed by atoms with van der Waals surface area (Å²) in [5.74, 6) is 0. The van der Waals surface area contributed by atoms with Gasteiger partial charge in [0.15, 0.2) is 0 Å². The predicted molar refractivity (Wildman–Crippen MR) is 52.3 cm³/mol. The highest BCUT2D eigenvalue weighted by Crippen LogP contribution is 2.17. The Morgan fingerprint density at radius 1 is 1.09 bits per heavy atom. The topological polar surface area (TPSA) is 25.8 Å². The van der Waals surface area contributed by atoms with E-state index in [1.807, 2.05) is 12.1 Å². The van der Waals surface area contributed by atoms with Crippen LogP contribution in [0.25, 0.3) is 10.8 Å². The van der Waals surface area contributed by atoms with Gasteiger partial charge in [0, 0.05) is 14.3 Å². The molecule has 0 saturated carbocycles. The molecule has 0 N–H and O–H groups in total. The minimum Gasteiger partial charge on any atom is -0.158 e. The third kappa shape index (κ3) is 1.20. The molecule has 54 valence electrons. The molecule has 2 nitrogen and oxygen atoms in total.